The molecular weight excluding hydrogens is 558 g/mol. The highest BCUT2D eigenvalue weighted by Gasteiger charge is 2.40. The fourth-order valence-corrected chi connectivity index (χ4v) is 5.80. The number of anilines is 1. The van der Waals surface area contributed by atoms with Crippen molar-refractivity contribution >= 4 is 62.7 Å². The number of nitrogens with one attached hydrogen (secondary N) is 3. The summed E-state index contributed by atoms with van der Waals surface area (Å²) in [6, 6.07) is 1.48. The Morgan fingerprint density at radius 2 is 1.97 bits per heavy atom. The zero-order chi connectivity index (χ0) is 28.2. The molecule has 0 spiro atoms. The molecule has 0 aliphatic carbocycles. The fraction of sp³-hybridized carbons (Fsp3) is 0.333. The van der Waals surface area contributed by atoms with E-state index in [-0.39, 0.29) is 52.2 Å². The number of nitrogens with zero attached hydrogens (tertiary/aromatic N) is 3. The minimum Gasteiger partial charge on any atom is -0.491 e. The summed E-state index contributed by atoms with van der Waals surface area (Å²) in [5.74, 6) is -3.80. The van der Waals surface area contributed by atoms with Gasteiger partial charge in [0.15, 0.2) is 17.4 Å². The van der Waals surface area contributed by atoms with E-state index in [1.54, 1.807) is 13.8 Å². The Morgan fingerprint density at radius 1 is 1.23 bits per heavy atom. The lowest BCUT2D eigenvalue weighted by Gasteiger charge is -2.29. The van der Waals surface area contributed by atoms with Crippen LogP contribution in [0.2, 0.25) is 5.02 Å². The van der Waals surface area contributed by atoms with E-state index in [9.17, 15) is 28.0 Å². The van der Waals surface area contributed by atoms with Crippen molar-refractivity contribution in [1.29, 1.82) is 0 Å². The van der Waals surface area contributed by atoms with Crippen LogP contribution in [0.3, 0.4) is 0 Å². The Kier molecular flexibility index (Phi) is 6.63. The Balaban J connectivity index is 1.31. The van der Waals surface area contributed by atoms with Gasteiger partial charge in [-0.1, -0.05) is 11.6 Å². The predicted octanol–water partition coefficient (Wildman–Crippen LogP) is 3.45. The van der Waals surface area contributed by atoms with E-state index in [1.807, 2.05) is 0 Å². The number of imide groups is 1. The van der Waals surface area contributed by atoms with Crippen molar-refractivity contribution in [3.63, 3.8) is 0 Å². The maximum atomic E-state index is 14.8. The van der Waals surface area contributed by atoms with Gasteiger partial charge in [-0.2, -0.15) is 0 Å². The van der Waals surface area contributed by atoms with Crippen molar-refractivity contribution in [2.24, 2.45) is 0 Å². The normalized spacial score (nSPS) is 17.3. The van der Waals surface area contributed by atoms with Crippen LogP contribution < -0.4 is 20.7 Å². The minimum absolute atomic E-state index is 0.0194. The Bertz CT molecular complexity index is 1580. The van der Waals surface area contributed by atoms with E-state index >= 15 is 0 Å². The summed E-state index contributed by atoms with van der Waals surface area (Å²) in [4.78, 5) is 59.3. The Labute approximate surface area is 228 Å². The zero-order valence-corrected chi connectivity index (χ0v) is 22.4. The molecular formula is C24H21ClF2N6O5S. The number of carbonyl (C=O) groups is 4. The highest BCUT2D eigenvalue weighted by molar-refractivity contribution is 7.18. The summed E-state index contributed by atoms with van der Waals surface area (Å²) < 4.78 is 33.9. The van der Waals surface area contributed by atoms with Crippen LogP contribution >= 0.6 is 22.9 Å². The maximum Gasteiger partial charge on any atom is 0.321 e. The number of ether oxygens (including phenoxy) is 1. The van der Waals surface area contributed by atoms with Gasteiger partial charge in [0.05, 0.1) is 35.2 Å². The smallest absolute Gasteiger partial charge is 0.321 e. The highest BCUT2D eigenvalue weighted by Crippen LogP contribution is 2.41. The number of fused-ring (bicyclic) bond motifs is 2. The van der Waals surface area contributed by atoms with E-state index in [0.29, 0.717) is 11.3 Å². The number of thiazole rings is 1. The van der Waals surface area contributed by atoms with Gasteiger partial charge in [-0.05, 0) is 32.4 Å². The maximum absolute atomic E-state index is 14.8. The second kappa shape index (κ2) is 9.68. The summed E-state index contributed by atoms with van der Waals surface area (Å²) >= 11 is 6.93. The number of hydrogen-bond donors (Lipinski definition) is 3. The van der Waals surface area contributed by atoms with Crippen LogP contribution in [0, 0.1) is 11.6 Å². The van der Waals surface area contributed by atoms with E-state index in [2.05, 4.69) is 25.9 Å². The van der Waals surface area contributed by atoms with Crippen molar-refractivity contribution in [2.45, 2.75) is 44.8 Å². The lowest BCUT2D eigenvalue weighted by Crippen LogP contribution is -2.52. The van der Waals surface area contributed by atoms with Crippen LogP contribution in [-0.2, 0) is 21.7 Å². The lowest BCUT2D eigenvalue weighted by molar-refractivity contribution is -0.136. The van der Waals surface area contributed by atoms with Crippen molar-refractivity contribution < 1.29 is 32.7 Å². The molecule has 1 atom stereocenters. The first-order valence-electron chi connectivity index (χ1n) is 11.7. The predicted molar refractivity (Wildman–Crippen MR) is 137 cm³/mol. The highest BCUT2D eigenvalue weighted by atomic mass is 35.5. The Morgan fingerprint density at radius 3 is 2.67 bits per heavy atom. The molecule has 1 saturated heterocycles. The largest absolute Gasteiger partial charge is 0.491 e. The van der Waals surface area contributed by atoms with Gasteiger partial charge in [-0.15, -0.1) is 11.3 Å². The van der Waals surface area contributed by atoms with Gasteiger partial charge in [-0.3, -0.25) is 25.0 Å². The minimum atomic E-state index is -1.14. The standard InChI is InChI=1S/C24H21ClF2N6O5S/c1-24(2,22-31-17-14(25)15(26)18(38-3)16(27)19(17)39-22)32-23(37)29-12-6-4-9-10(28-12)8-33(21(9)36)11-5-7-13(34)30-20(11)35/h4,6,11H,5,7-8H2,1-3H3,(H,30,34,35)(H2,28,29,32,37). The number of benzene rings is 1. The molecule has 1 fully saturated rings. The van der Waals surface area contributed by atoms with Crippen molar-refractivity contribution in [2.75, 3.05) is 12.4 Å². The van der Waals surface area contributed by atoms with Gasteiger partial charge < -0.3 is 15.0 Å². The molecule has 3 aromatic rings. The van der Waals surface area contributed by atoms with Crippen molar-refractivity contribution in [1.82, 2.24) is 25.5 Å². The number of piperidine rings is 1. The molecule has 1 unspecified atom stereocenters. The fourth-order valence-electron chi connectivity index (χ4n) is 4.46. The second-order valence-corrected chi connectivity index (χ2v) is 10.8. The molecule has 5 rings (SSSR count). The Hall–Kier alpha value is -3.91. The number of hydrogen-bond acceptors (Lipinski definition) is 8. The molecule has 5 amide bonds. The molecule has 4 heterocycles. The van der Waals surface area contributed by atoms with Crippen molar-refractivity contribution in [3.05, 3.63) is 45.1 Å². The summed E-state index contributed by atoms with van der Waals surface area (Å²) in [7, 11) is 1.12. The number of carbonyl (C=O) groups excluding carboxylic acids is 4. The van der Waals surface area contributed by atoms with Crippen LogP contribution in [0.4, 0.5) is 19.4 Å². The van der Waals surface area contributed by atoms with Crippen LogP contribution in [0.25, 0.3) is 10.2 Å². The molecule has 39 heavy (non-hydrogen) atoms. The molecule has 11 nitrogen and oxygen atoms in total. The van der Waals surface area contributed by atoms with Crippen LogP contribution in [0.15, 0.2) is 12.1 Å². The SMILES string of the molecule is COc1c(F)c(Cl)c2nc(C(C)(C)NC(=O)Nc3ccc4c(n3)CN(C3CCC(=O)NC3=O)C4=O)sc2c1F. The quantitative estimate of drug-likeness (QED) is 0.311. The van der Waals surface area contributed by atoms with Crippen LogP contribution in [0.5, 0.6) is 5.75 Å². The van der Waals surface area contributed by atoms with Crippen molar-refractivity contribution in [3.8, 4) is 5.75 Å². The average Bonchev–Trinajstić information content (AvgIpc) is 3.46. The van der Waals surface area contributed by atoms with Gasteiger partial charge in [-0.25, -0.2) is 23.5 Å². The summed E-state index contributed by atoms with van der Waals surface area (Å²) in [6.07, 6.45) is 0.343. The molecule has 2 aromatic heterocycles. The second-order valence-electron chi connectivity index (χ2n) is 9.47. The molecule has 0 radical (unpaired) electrons. The molecule has 3 N–H and O–H groups in total. The lowest BCUT2D eigenvalue weighted by atomic mass is 10.0. The molecule has 2 aliphatic rings. The summed E-state index contributed by atoms with van der Waals surface area (Å²) in [5, 5.41) is 7.40. The van der Waals surface area contributed by atoms with Crippen LogP contribution in [0.1, 0.15) is 47.7 Å². The average molecular weight is 579 g/mol. The monoisotopic (exact) mass is 578 g/mol. The first kappa shape index (κ1) is 26.7. The zero-order valence-electron chi connectivity index (χ0n) is 20.8. The van der Waals surface area contributed by atoms with Gasteiger partial charge in [0, 0.05) is 6.42 Å². The van der Waals surface area contributed by atoms with E-state index in [1.165, 1.54) is 17.0 Å². The topological polar surface area (TPSA) is 143 Å². The third kappa shape index (κ3) is 4.63. The summed E-state index contributed by atoms with van der Waals surface area (Å²) in [5.41, 5.74) is -0.563. The number of rotatable bonds is 5. The first-order chi connectivity index (χ1) is 18.4. The molecule has 1 aromatic carbocycles. The molecule has 2 aliphatic heterocycles. The van der Waals surface area contributed by atoms with Crippen LogP contribution in [-0.4, -0.2) is 51.8 Å². The number of halogens is 3. The van der Waals surface area contributed by atoms with E-state index in [4.69, 9.17) is 16.3 Å². The molecule has 0 bridgehead atoms. The van der Waals surface area contributed by atoms with Gasteiger partial charge in [0.2, 0.25) is 11.8 Å². The van der Waals surface area contributed by atoms with Gasteiger partial charge in [0.1, 0.15) is 27.4 Å². The third-order valence-corrected chi connectivity index (χ3v) is 8.12. The summed E-state index contributed by atoms with van der Waals surface area (Å²) in [6.45, 7) is 3.29. The van der Waals surface area contributed by atoms with Gasteiger partial charge >= 0.3 is 6.03 Å². The molecule has 204 valence electrons. The number of pyridine rings is 1. The van der Waals surface area contributed by atoms with Gasteiger partial charge in [0.25, 0.3) is 5.91 Å². The first-order valence-corrected chi connectivity index (χ1v) is 12.9. The third-order valence-electron chi connectivity index (χ3n) is 6.40. The number of aromatic nitrogens is 2. The molecule has 15 heteroatoms. The van der Waals surface area contributed by atoms with E-state index < -0.39 is 45.9 Å². The number of urea groups is 1. The number of amides is 5. The van der Waals surface area contributed by atoms with E-state index in [0.717, 1.165) is 18.4 Å². The molecule has 0 saturated carbocycles. The number of methoxy groups -OCH3 is 1.